The minimum Gasteiger partial charge on any atom is -0.508 e. The Bertz CT molecular complexity index is 601. The summed E-state index contributed by atoms with van der Waals surface area (Å²) in [5.74, 6) is -0.580. The van der Waals surface area contributed by atoms with Gasteiger partial charge < -0.3 is 15.3 Å². The number of rotatable bonds is 1. The largest absolute Gasteiger partial charge is 0.508 e. The zero-order valence-corrected chi connectivity index (χ0v) is 7.73. The molecule has 76 valence electrons. The van der Waals surface area contributed by atoms with E-state index in [1.54, 1.807) is 6.07 Å². The standard InChI is InChI=1S/C10H8N2O3/c11-9(14)7-3-5-1-2-6(13)4-8(5)15-10(7)12/h1-4,12-13H,(H2,11,14)/p+1. The molecule has 1 aromatic carbocycles. The van der Waals surface area contributed by atoms with Gasteiger partial charge in [-0.25, -0.2) is 5.41 Å². The maximum absolute atomic E-state index is 11.0. The zero-order chi connectivity index (χ0) is 11.0. The first kappa shape index (κ1) is 9.26. The van der Waals surface area contributed by atoms with Crippen LogP contribution in [-0.2, 0) is 0 Å². The molecule has 0 fully saturated rings. The Balaban J connectivity index is 2.82. The number of phenols is 1. The van der Waals surface area contributed by atoms with E-state index in [9.17, 15) is 9.90 Å². The van der Waals surface area contributed by atoms with E-state index in [1.807, 2.05) is 0 Å². The summed E-state index contributed by atoms with van der Waals surface area (Å²) in [6.45, 7) is 0. The van der Waals surface area contributed by atoms with E-state index in [4.69, 9.17) is 15.6 Å². The van der Waals surface area contributed by atoms with Crippen molar-refractivity contribution in [3.8, 4) is 5.75 Å². The summed E-state index contributed by atoms with van der Waals surface area (Å²) in [5.41, 5.74) is 5.59. The van der Waals surface area contributed by atoms with Crippen molar-refractivity contribution in [2.75, 3.05) is 0 Å². The summed E-state index contributed by atoms with van der Waals surface area (Å²) in [7, 11) is 0. The Kier molecular flexibility index (Phi) is 1.93. The van der Waals surface area contributed by atoms with Gasteiger partial charge in [-0.3, -0.25) is 4.79 Å². The lowest BCUT2D eigenvalue weighted by molar-refractivity contribution is -0.197. The summed E-state index contributed by atoms with van der Waals surface area (Å²) in [5, 5.41) is 15.3. The van der Waals surface area contributed by atoms with E-state index in [-0.39, 0.29) is 16.9 Å². The molecule has 5 nitrogen and oxygen atoms in total. The van der Waals surface area contributed by atoms with Crippen molar-refractivity contribution >= 4 is 16.9 Å². The van der Waals surface area contributed by atoms with E-state index in [0.717, 1.165) is 0 Å². The molecule has 15 heavy (non-hydrogen) atoms. The van der Waals surface area contributed by atoms with Gasteiger partial charge in [0.05, 0.1) is 0 Å². The average molecular weight is 205 g/mol. The molecule has 0 aliphatic rings. The quantitative estimate of drug-likeness (QED) is 0.550. The number of hydrogen-bond donors (Lipinski definition) is 3. The molecule has 0 spiro atoms. The maximum Gasteiger partial charge on any atom is 0.377 e. The van der Waals surface area contributed by atoms with Crippen molar-refractivity contribution < 1.29 is 19.7 Å². The van der Waals surface area contributed by atoms with Gasteiger partial charge in [-0.05, 0) is 18.2 Å². The van der Waals surface area contributed by atoms with Gasteiger partial charge in [0, 0.05) is 11.5 Å². The predicted molar refractivity (Wildman–Crippen MR) is 51.5 cm³/mol. The SMILES string of the molecule is NC(=O)c1cc2ccc(O)cc2oc1=[NH2+]. The third-order valence-electron chi connectivity index (χ3n) is 2.05. The van der Waals surface area contributed by atoms with Crippen molar-refractivity contribution in [1.82, 2.24) is 0 Å². The first-order valence-electron chi connectivity index (χ1n) is 4.23. The van der Waals surface area contributed by atoms with Gasteiger partial charge in [0.2, 0.25) is 0 Å². The second-order valence-electron chi connectivity index (χ2n) is 3.11. The van der Waals surface area contributed by atoms with Crippen LogP contribution in [0, 0.1) is 0 Å². The van der Waals surface area contributed by atoms with Crippen LogP contribution in [0.3, 0.4) is 0 Å². The molecule has 0 radical (unpaired) electrons. The van der Waals surface area contributed by atoms with Crippen molar-refractivity contribution in [2.24, 2.45) is 5.73 Å². The van der Waals surface area contributed by atoms with Crippen molar-refractivity contribution in [3.05, 3.63) is 35.4 Å². The summed E-state index contributed by atoms with van der Waals surface area (Å²) < 4.78 is 5.15. The van der Waals surface area contributed by atoms with Gasteiger partial charge in [0.1, 0.15) is 11.3 Å². The van der Waals surface area contributed by atoms with Crippen LogP contribution in [0.1, 0.15) is 10.4 Å². The molecule has 2 rings (SSSR count). The molecule has 2 aromatic rings. The molecule has 5 heteroatoms. The third-order valence-corrected chi connectivity index (χ3v) is 2.05. The zero-order valence-electron chi connectivity index (χ0n) is 7.73. The maximum atomic E-state index is 11.0. The van der Waals surface area contributed by atoms with Crippen molar-refractivity contribution in [1.29, 1.82) is 0 Å². The van der Waals surface area contributed by atoms with Gasteiger partial charge in [0.15, 0.2) is 5.56 Å². The number of amides is 1. The van der Waals surface area contributed by atoms with Gasteiger partial charge >= 0.3 is 5.55 Å². The van der Waals surface area contributed by atoms with Crippen LogP contribution in [0.4, 0.5) is 0 Å². The number of carbonyl (C=O) groups excluding carboxylic acids is 1. The van der Waals surface area contributed by atoms with Gasteiger partial charge in [0.25, 0.3) is 5.91 Å². The Hall–Kier alpha value is -2.30. The number of hydrogen-bond acceptors (Lipinski definition) is 3. The second-order valence-corrected chi connectivity index (χ2v) is 3.11. The highest BCUT2D eigenvalue weighted by molar-refractivity contribution is 5.95. The molecule has 0 atom stereocenters. The van der Waals surface area contributed by atoms with Gasteiger partial charge in [-0.1, -0.05) is 0 Å². The Morgan fingerprint density at radius 2 is 2.13 bits per heavy atom. The predicted octanol–water partition coefficient (Wildman–Crippen LogP) is -1.10. The first-order chi connectivity index (χ1) is 7.08. The van der Waals surface area contributed by atoms with Gasteiger partial charge in [-0.2, -0.15) is 0 Å². The molecule has 0 unspecified atom stereocenters. The van der Waals surface area contributed by atoms with Crippen LogP contribution >= 0.6 is 0 Å². The molecule has 0 aliphatic carbocycles. The molecule has 0 aliphatic heterocycles. The van der Waals surface area contributed by atoms with Crippen LogP contribution in [0.2, 0.25) is 0 Å². The summed E-state index contributed by atoms with van der Waals surface area (Å²) in [6.07, 6.45) is 0. The number of fused-ring (bicyclic) bond motifs is 1. The van der Waals surface area contributed by atoms with Crippen LogP contribution in [0.5, 0.6) is 5.75 Å². The van der Waals surface area contributed by atoms with Crippen LogP contribution < -0.4 is 16.7 Å². The van der Waals surface area contributed by atoms with Crippen molar-refractivity contribution in [3.63, 3.8) is 0 Å². The van der Waals surface area contributed by atoms with Crippen LogP contribution in [0.15, 0.2) is 28.7 Å². The molecular formula is C10H9N2O3+. The van der Waals surface area contributed by atoms with Crippen molar-refractivity contribution in [2.45, 2.75) is 0 Å². The van der Waals surface area contributed by atoms with E-state index < -0.39 is 5.91 Å². The molecule has 0 saturated heterocycles. The fourth-order valence-electron chi connectivity index (χ4n) is 1.32. The minimum absolute atomic E-state index is 0.0550. The normalized spacial score (nSPS) is 10.4. The molecular weight excluding hydrogens is 196 g/mol. The fraction of sp³-hybridized carbons (Fsp3) is 0. The minimum atomic E-state index is -0.647. The van der Waals surface area contributed by atoms with E-state index in [0.29, 0.717) is 11.0 Å². The van der Waals surface area contributed by atoms with E-state index in [1.165, 1.54) is 18.2 Å². The fourth-order valence-corrected chi connectivity index (χ4v) is 1.32. The van der Waals surface area contributed by atoms with Crippen LogP contribution in [-0.4, -0.2) is 11.0 Å². The van der Waals surface area contributed by atoms with E-state index in [2.05, 4.69) is 0 Å². The summed E-state index contributed by atoms with van der Waals surface area (Å²) in [4.78, 5) is 11.0. The Labute approximate surface area is 84.3 Å². The Morgan fingerprint density at radius 3 is 2.80 bits per heavy atom. The lowest BCUT2D eigenvalue weighted by Crippen LogP contribution is -2.48. The first-order valence-corrected chi connectivity index (χ1v) is 4.23. The lowest BCUT2D eigenvalue weighted by atomic mass is 10.2. The number of benzene rings is 1. The van der Waals surface area contributed by atoms with Crippen LogP contribution in [0.25, 0.3) is 11.0 Å². The highest BCUT2D eigenvalue weighted by atomic mass is 16.3. The highest BCUT2D eigenvalue weighted by Crippen LogP contribution is 2.18. The Morgan fingerprint density at radius 1 is 1.40 bits per heavy atom. The average Bonchev–Trinajstić information content (AvgIpc) is 2.15. The highest BCUT2D eigenvalue weighted by Gasteiger charge is 2.11. The summed E-state index contributed by atoms with van der Waals surface area (Å²) >= 11 is 0. The molecule has 0 saturated carbocycles. The summed E-state index contributed by atoms with van der Waals surface area (Å²) in [6, 6.07) is 6.03. The number of phenolic OH excluding ortho intramolecular Hbond substituents is 1. The monoisotopic (exact) mass is 205 g/mol. The second kappa shape index (κ2) is 3.13. The van der Waals surface area contributed by atoms with E-state index >= 15 is 0 Å². The number of nitrogens with two attached hydrogens (primary N) is 2. The number of primary amides is 1. The van der Waals surface area contributed by atoms with Gasteiger partial charge in [-0.15, -0.1) is 0 Å². The molecule has 5 N–H and O–H groups in total. The molecule has 1 heterocycles. The molecule has 1 aromatic heterocycles. The number of carbonyl (C=O) groups is 1. The third kappa shape index (κ3) is 1.54. The lowest BCUT2D eigenvalue weighted by Gasteiger charge is -1.98. The smallest absolute Gasteiger partial charge is 0.377 e. The molecule has 0 bridgehead atoms. The molecule has 1 amide bonds. The number of aromatic hydroxyl groups is 1. The topological polar surface area (TPSA) is 102 Å².